The molecule has 0 atom stereocenters. The van der Waals surface area contributed by atoms with E-state index in [1.54, 1.807) is 0 Å². The Morgan fingerprint density at radius 3 is 2.22 bits per heavy atom. The van der Waals surface area contributed by atoms with Crippen LogP contribution in [0, 0.1) is 13.8 Å². The predicted octanol–water partition coefficient (Wildman–Crippen LogP) is 2.48. The van der Waals surface area contributed by atoms with Gasteiger partial charge in [0.2, 0.25) is 0 Å². The summed E-state index contributed by atoms with van der Waals surface area (Å²) in [6, 6.07) is 6.07. The Morgan fingerprint density at radius 2 is 1.78 bits per heavy atom. The zero-order valence-corrected chi connectivity index (χ0v) is 16.9. The molecule has 0 amide bonds. The molecule has 2 heterocycles. The van der Waals surface area contributed by atoms with Gasteiger partial charge in [-0.1, -0.05) is 6.07 Å². The SMILES string of the molecule is Cc1cc(C)n(-c2ccc(CN=C(N(C)C)N(C)C)cn2)n1.I. The van der Waals surface area contributed by atoms with Crippen molar-refractivity contribution in [3.05, 3.63) is 41.3 Å². The van der Waals surface area contributed by atoms with Gasteiger partial charge >= 0.3 is 0 Å². The van der Waals surface area contributed by atoms with Gasteiger partial charge in [0.15, 0.2) is 11.8 Å². The number of pyridine rings is 1. The van der Waals surface area contributed by atoms with Gasteiger partial charge in [-0.2, -0.15) is 5.10 Å². The van der Waals surface area contributed by atoms with Crippen molar-refractivity contribution in [2.45, 2.75) is 20.4 Å². The fourth-order valence-electron chi connectivity index (χ4n) is 2.34. The van der Waals surface area contributed by atoms with E-state index >= 15 is 0 Å². The van der Waals surface area contributed by atoms with E-state index in [-0.39, 0.29) is 24.0 Å². The molecule has 0 bridgehead atoms. The zero-order valence-electron chi connectivity index (χ0n) is 14.6. The molecule has 0 saturated heterocycles. The van der Waals surface area contributed by atoms with Gasteiger partial charge in [0, 0.05) is 40.1 Å². The molecule has 0 saturated carbocycles. The molecule has 0 aromatic carbocycles. The molecular weight excluding hydrogens is 403 g/mol. The van der Waals surface area contributed by atoms with Crippen LogP contribution in [0.4, 0.5) is 0 Å². The highest BCUT2D eigenvalue weighted by atomic mass is 127. The van der Waals surface area contributed by atoms with Gasteiger partial charge in [-0.05, 0) is 31.5 Å². The summed E-state index contributed by atoms with van der Waals surface area (Å²) in [5.41, 5.74) is 3.15. The van der Waals surface area contributed by atoms with Crippen LogP contribution in [-0.2, 0) is 6.54 Å². The van der Waals surface area contributed by atoms with Gasteiger partial charge in [0.1, 0.15) is 0 Å². The van der Waals surface area contributed by atoms with Crippen molar-refractivity contribution < 1.29 is 0 Å². The van der Waals surface area contributed by atoms with Crippen LogP contribution in [0.2, 0.25) is 0 Å². The number of aliphatic imine (C=N–C) groups is 1. The standard InChI is InChI=1S/C16H24N6.HI/c1-12-9-13(2)22(19-12)15-8-7-14(10-17-15)11-18-16(20(3)4)21(5)6;/h7-10H,11H2,1-6H3;1H. The molecule has 7 heteroatoms. The monoisotopic (exact) mass is 428 g/mol. The van der Waals surface area contributed by atoms with Crippen LogP contribution < -0.4 is 0 Å². The van der Waals surface area contributed by atoms with Crippen LogP contribution in [0.15, 0.2) is 29.4 Å². The molecule has 0 aliphatic carbocycles. The van der Waals surface area contributed by atoms with Crippen LogP contribution in [0.3, 0.4) is 0 Å². The van der Waals surface area contributed by atoms with Crippen LogP contribution in [0.25, 0.3) is 5.82 Å². The number of nitrogens with zero attached hydrogens (tertiary/aromatic N) is 6. The summed E-state index contributed by atoms with van der Waals surface area (Å²) in [5.74, 6) is 1.77. The lowest BCUT2D eigenvalue weighted by Gasteiger charge is -2.22. The number of rotatable bonds is 3. The highest BCUT2D eigenvalue weighted by Gasteiger charge is 2.06. The highest BCUT2D eigenvalue weighted by Crippen LogP contribution is 2.11. The lowest BCUT2D eigenvalue weighted by Crippen LogP contribution is -2.35. The number of guanidine groups is 1. The molecule has 0 spiro atoms. The molecule has 126 valence electrons. The quantitative estimate of drug-likeness (QED) is 0.428. The molecule has 0 unspecified atom stereocenters. The van der Waals surface area contributed by atoms with Crippen molar-refractivity contribution in [1.82, 2.24) is 24.6 Å². The Bertz CT molecular complexity index is 648. The van der Waals surface area contributed by atoms with Gasteiger partial charge < -0.3 is 9.80 Å². The molecule has 0 aliphatic heterocycles. The first-order chi connectivity index (χ1) is 10.4. The summed E-state index contributed by atoms with van der Waals surface area (Å²) >= 11 is 0. The first kappa shape index (κ1) is 19.4. The van der Waals surface area contributed by atoms with Crippen LogP contribution in [-0.4, -0.2) is 58.7 Å². The second-order valence-electron chi connectivity index (χ2n) is 5.77. The molecule has 0 aliphatic rings. The summed E-state index contributed by atoms with van der Waals surface area (Å²) in [5, 5.41) is 4.44. The maximum absolute atomic E-state index is 4.62. The van der Waals surface area contributed by atoms with Crippen LogP contribution in [0.1, 0.15) is 17.0 Å². The third-order valence-corrected chi connectivity index (χ3v) is 3.24. The summed E-state index contributed by atoms with van der Waals surface area (Å²) in [6.45, 7) is 4.62. The highest BCUT2D eigenvalue weighted by molar-refractivity contribution is 14.0. The molecule has 2 aromatic heterocycles. The smallest absolute Gasteiger partial charge is 0.195 e. The first-order valence-electron chi connectivity index (χ1n) is 7.26. The maximum atomic E-state index is 4.62. The van der Waals surface area contributed by atoms with Gasteiger partial charge in [0.05, 0.1) is 12.2 Å². The number of aromatic nitrogens is 3. The molecule has 23 heavy (non-hydrogen) atoms. The topological polar surface area (TPSA) is 49.6 Å². The number of hydrogen-bond donors (Lipinski definition) is 0. The average molecular weight is 428 g/mol. The fraction of sp³-hybridized carbons (Fsp3) is 0.438. The van der Waals surface area contributed by atoms with Crippen molar-refractivity contribution in [1.29, 1.82) is 0 Å². The van der Waals surface area contributed by atoms with E-state index in [1.807, 2.05) is 80.9 Å². The van der Waals surface area contributed by atoms with E-state index in [1.165, 1.54) is 0 Å². The first-order valence-corrected chi connectivity index (χ1v) is 7.26. The zero-order chi connectivity index (χ0) is 16.3. The van der Waals surface area contributed by atoms with Gasteiger partial charge in [-0.25, -0.2) is 14.7 Å². The number of hydrogen-bond acceptors (Lipinski definition) is 3. The molecule has 0 radical (unpaired) electrons. The summed E-state index contributed by atoms with van der Waals surface area (Å²) in [7, 11) is 7.96. The minimum absolute atomic E-state index is 0. The minimum atomic E-state index is 0. The Balaban J connectivity index is 0.00000264. The summed E-state index contributed by atoms with van der Waals surface area (Å²) < 4.78 is 1.85. The largest absolute Gasteiger partial charge is 0.349 e. The van der Waals surface area contributed by atoms with Crippen molar-refractivity contribution in [2.24, 2.45) is 4.99 Å². The molecule has 6 nitrogen and oxygen atoms in total. The predicted molar refractivity (Wildman–Crippen MR) is 105 cm³/mol. The summed E-state index contributed by atoms with van der Waals surface area (Å²) in [4.78, 5) is 13.1. The fourth-order valence-corrected chi connectivity index (χ4v) is 2.34. The number of aryl methyl sites for hydroxylation is 2. The van der Waals surface area contributed by atoms with Crippen molar-refractivity contribution in [3.63, 3.8) is 0 Å². The second kappa shape index (κ2) is 8.28. The third-order valence-electron chi connectivity index (χ3n) is 3.24. The third kappa shape index (κ3) is 4.92. The van der Waals surface area contributed by atoms with E-state index < -0.39 is 0 Å². The Morgan fingerprint density at radius 1 is 1.13 bits per heavy atom. The lowest BCUT2D eigenvalue weighted by atomic mass is 10.3. The average Bonchev–Trinajstić information content (AvgIpc) is 2.78. The molecular formula is C16H25IN6. The Kier molecular flexibility index (Phi) is 6.99. The lowest BCUT2D eigenvalue weighted by molar-refractivity contribution is 0.479. The molecule has 0 fully saturated rings. The van der Waals surface area contributed by atoms with Crippen molar-refractivity contribution in [2.75, 3.05) is 28.2 Å². The van der Waals surface area contributed by atoms with Gasteiger partial charge in [0.25, 0.3) is 0 Å². The second-order valence-corrected chi connectivity index (χ2v) is 5.77. The van der Waals surface area contributed by atoms with E-state index in [0.29, 0.717) is 6.54 Å². The van der Waals surface area contributed by atoms with E-state index in [4.69, 9.17) is 0 Å². The Labute approximate surface area is 155 Å². The van der Waals surface area contributed by atoms with Crippen molar-refractivity contribution in [3.8, 4) is 5.82 Å². The van der Waals surface area contributed by atoms with E-state index in [0.717, 1.165) is 28.7 Å². The van der Waals surface area contributed by atoms with Gasteiger partial charge in [-0.3, -0.25) is 0 Å². The van der Waals surface area contributed by atoms with Crippen molar-refractivity contribution >= 4 is 29.9 Å². The van der Waals surface area contributed by atoms with E-state index in [9.17, 15) is 0 Å². The maximum Gasteiger partial charge on any atom is 0.195 e. The molecule has 2 aromatic rings. The minimum Gasteiger partial charge on any atom is -0.349 e. The van der Waals surface area contributed by atoms with E-state index in [2.05, 4.69) is 15.1 Å². The normalized spacial score (nSPS) is 10.0. The van der Waals surface area contributed by atoms with Gasteiger partial charge in [-0.15, -0.1) is 24.0 Å². The number of halogens is 1. The Hall–Kier alpha value is -1.64. The summed E-state index contributed by atoms with van der Waals surface area (Å²) in [6.07, 6.45) is 1.86. The van der Waals surface area contributed by atoms with Crippen LogP contribution in [0.5, 0.6) is 0 Å². The molecule has 2 rings (SSSR count). The van der Waals surface area contributed by atoms with Crippen LogP contribution >= 0.6 is 24.0 Å². The molecule has 0 N–H and O–H groups in total.